The lowest BCUT2D eigenvalue weighted by Crippen LogP contribution is -2.31. The van der Waals surface area contributed by atoms with Gasteiger partial charge in [0, 0.05) is 15.8 Å². The normalized spacial score (nSPS) is 26.8. The first-order valence-electron chi connectivity index (χ1n) is 6.96. The van der Waals surface area contributed by atoms with Gasteiger partial charge in [-0.1, -0.05) is 41.9 Å². The molecule has 0 heterocycles. The summed E-state index contributed by atoms with van der Waals surface area (Å²) in [4.78, 5) is 12.6. The number of ether oxygens (including phenoxy) is 1. The van der Waals surface area contributed by atoms with Gasteiger partial charge in [0.05, 0.1) is 6.07 Å². The van der Waals surface area contributed by atoms with E-state index in [1.165, 1.54) is 0 Å². The fraction of sp³-hybridized carbons (Fsp3) is 0.529. The molecule has 4 heteroatoms. The lowest BCUT2D eigenvalue weighted by Gasteiger charge is -2.22. The van der Waals surface area contributed by atoms with Crippen molar-refractivity contribution < 1.29 is 9.53 Å². The van der Waals surface area contributed by atoms with Crippen LogP contribution in [0.5, 0.6) is 0 Å². The average Bonchev–Trinajstić information content (AvgIpc) is 2.86. The maximum absolute atomic E-state index is 12.6. The smallest absolute Gasteiger partial charge is 0.328 e. The molecule has 0 spiro atoms. The molecule has 0 aliphatic heterocycles. The van der Waals surface area contributed by atoms with Gasteiger partial charge in [-0.2, -0.15) is 5.26 Å². The van der Waals surface area contributed by atoms with Crippen molar-refractivity contribution in [3.05, 3.63) is 34.3 Å². The highest BCUT2D eigenvalue weighted by Crippen LogP contribution is 2.74. The standard InChI is InChI=1S/C17H20BrNO2/c1-15(2,3)21-14(20)17(10-19)13(16(17,4)5)11-6-8-12(18)9-7-11/h6-9,13H,1-5H3/t13-,17-/m1/s1. The van der Waals surface area contributed by atoms with Gasteiger partial charge >= 0.3 is 5.97 Å². The summed E-state index contributed by atoms with van der Waals surface area (Å²) in [5.41, 5.74) is -1.13. The van der Waals surface area contributed by atoms with Crippen LogP contribution in [0.2, 0.25) is 0 Å². The number of esters is 1. The molecule has 0 amide bonds. The Kier molecular flexibility index (Phi) is 3.70. The second-order valence-electron chi connectivity index (χ2n) is 7.13. The Hall–Kier alpha value is -1.34. The minimum Gasteiger partial charge on any atom is -0.459 e. The molecule has 1 aromatic carbocycles. The number of carbonyl (C=O) groups excluding carboxylic acids is 1. The van der Waals surface area contributed by atoms with E-state index in [1.54, 1.807) is 0 Å². The molecule has 21 heavy (non-hydrogen) atoms. The first kappa shape index (κ1) is 16.0. The molecule has 1 aliphatic rings. The zero-order chi connectivity index (χ0) is 16.1. The van der Waals surface area contributed by atoms with Gasteiger partial charge in [-0.05, 0) is 38.5 Å². The summed E-state index contributed by atoms with van der Waals surface area (Å²) < 4.78 is 6.47. The third-order valence-electron chi connectivity index (χ3n) is 4.19. The van der Waals surface area contributed by atoms with Gasteiger partial charge in [-0.25, -0.2) is 0 Å². The third kappa shape index (κ3) is 2.48. The van der Waals surface area contributed by atoms with Gasteiger partial charge in [0.2, 0.25) is 0 Å². The van der Waals surface area contributed by atoms with Crippen molar-refractivity contribution in [1.29, 1.82) is 5.26 Å². The molecule has 0 bridgehead atoms. The second kappa shape index (κ2) is 4.84. The minimum absolute atomic E-state index is 0.141. The molecular formula is C17H20BrNO2. The van der Waals surface area contributed by atoms with Crippen molar-refractivity contribution in [3.8, 4) is 6.07 Å². The number of rotatable bonds is 2. The summed E-state index contributed by atoms with van der Waals surface area (Å²) in [5, 5.41) is 9.69. The van der Waals surface area contributed by atoms with Gasteiger partial charge in [0.1, 0.15) is 5.60 Å². The van der Waals surface area contributed by atoms with Gasteiger partial charge < -0.3 is 4.74 Å². The number of halogens is 1. The fourth-order valence-electron chi connectivity index (χ4n) is 3.08. The number of carbonyl (C=O) groups is 1. The van der Waals surface area contributed by atoms with E-state index >= 15 is 0 Å². The predicted octanol–water partition coefficient (Wildman–Crippen LogP) is 4.42. The molecule has 112 valence electrons. The van der Waals surface area contributed by atoms with Crippen LogP contribution in [0.3, 0.4) is 0 Å². The first-order valence-corrected chi connectivity index (χ1v) is 7.76. The number of hydrogen-bond donors (Lipinski definition) is 0. The van der Waals surface area contributed by atoms with Crippen molar-refractivity contribution in [2.75, 3.05) is 0 Å². The van der Waals surface area contributed by atoms with E-state index in [4.69, 9.17) is 4.74 Å². The van der Waals surface area contributed by atoms with Gasteiger partial charge in [-0.3, -0.25) is 4.79 Å². The summed E-state index contributed by atoms with van der Waals surface area (Å²) in [5.74, 6) is -0.562. The number of hydrogen-bond acceptors (Lipinski definition) is 3. The highest BCUT2D eigenvalue weighted by molar-refractivity contribution is 9.10. The van der Waals surface area contributed by atoms with Crippen LogP contribution in [-0.2, 0) is 9.53 Å². The Bertz CT molecular complexity index is 607. The zero-order valence-electron chi connectivity index (χ0n) is 13.0. The summed E-state index contributed by atoms with van der Waals surface area (Å²) in [6.45, 7) is 9.36. The molecule has 2 atom stereocenters. The van der Waals surface area contributed by atoms with Crippen LogP contribution in [0.25, 0.3) is 0 Å². The molecule has 1 aliphatic carbocycles. The molecule has 0 saturated heterocycles. The summed E-state index contributed by atoms with van der Waals surface area (Å²) in [6.07, 6.45) is 0. The topological polar surface area (TPSA) is 50.1 Å². The van der Waals surface area contributed by atoms with Crippen LogP contribution in [0.1, 0.15) is 46.1 Å². The number of benzene rings is 1. The molecule has 0 radical (unpaired) electrons. The molecule has 1 fully saturated rings. The van der Waals surface area contributed by atoms with Gasteiger partial charge in [0.15, 0.2) is 5.41 Å². The maximum Gasteiger partial charge on any atom is 0.328 e. The van der Waals surface area contributed by atoms with Gasteiger partial charge in [0.25, 0.3) is 0 Å². The molecule has 0 aromatic heterocycles. The van der Waals surface area contributed by atoms with Crippen molar-refractivity contribution in [2.45, 2.75) is 46.1 Å². The van der Waals surface area contributed by atoms with Crippen LogP contribution in [0.4, 0.5) is 0 Å². The molecule has 1 saturated carbocycles. The lowest BCUT2D eigenvalue weighted by molar-refractivity contribution is -0.160. The maximum atomic E-state index is 12.6. The van der Waals surface area contributed by atoms with E-state index < -0.39 is 22.4 Å². The Balaban J connectivity index is 2.39. The van der Waals surface area contributed by atoms with E-state index in [2.05, 4.69) is 22.0 Å². The zero-order valence-corrected chi connectivity index (χ0v) is 14.6. The Morgan fingerprint density at radius 2 is 1.81 bits per heavy atom. The molecular weight excluding hydrogens is 330 g/mol. The predicted molar refractivity (Wildman–Crippen MR) is 84.6 cm³/mol. The van der Waals surface area contributed by atoms with E-state index in [1.807, 2.05) is 58.9 Å². The Labute approximate surface area is 134 Å². The highest BCUT2D eigenvalue weighted by atomic mass is 79.9. The monoisotopic (exact) mass is 349 g/mol. The average molecular weight is 350 g/mol. The Morgan fingerprint density at radius 1 is 1.29 bits per heavy atom. The Morgan fingerprint density at radius 3 is 2.24 bits per heavy atom. The number of nitrogens with zero attached hydrogens (tertiary/aromatic N) is 1. The van der Waals surface area contributed by atoms with Crippen molar-refractivity contribution in [2.24, 2.45) is 10.8 Å². The van der Waals surface area contributed by atoms with E-state index in [-0.39, 0.29) is 5.92 Å². The molecule has 3 nitrogen and oxygen atoms in total. The van der Waals surface area contributed by atoms with Crippen LogP contribution >= 0.6 is 15.9 Å². The third-order valence-corrected chi connectivity index (χ3v) is 4.72. The highest BCUT2D eigenvalue weighted by Gasteiger charge is 2.78. The first-order chi connectivity index (χ1) is 9.56. The number of nitriles is 1. The largest absolute Gasteiger partial charge is 0.459 e. The molecule has 0 N–H and O–H groups in total. The van der Waals surface area contributed by atoms with Crippen LogP contribution in [-0.4, -0.2) is 11.6 Å². The SMILES string of the molecule is CC(C)(C)OC(=O)[C@@]1(C#N)[C@H](c2ccc(Br)cc2)C1(C)C. The van der Waals surface area contributed by atoms with Crippen molar-refractivity contribution >= 4 is 21.9 Å². The van der Waals surface area contributed by atoms with E-state index in [0.717, 1.165) is 10.0 Å². The van der Waals surface area contributed by atoms with Crippen molar-refractivity contribution in [1.82, 2.24) is 0 Å². The lowest BCUT2D eigenvalue weighted by atomic mass is 9.97. The molecule has 2 rings (SSSR count). The summed E-state index contributed by atoms with van der Waals surface area (Å²) in [7, 11) is 0. The van der Waals surface area contributed by atoms with Crippen LogP contribution < -0.4 is 0 Å². The van der Waals surface area contributed by atoms with Crippen LogP contribution in [0.15, 0.2) is 28.7 Å². The summed E-state index contributed by atoms with van der Waals surface area (Å²) >= 11 is 3.40. The minimum atomic E-state index is -1.10. The molecule has 0 unspecified atom stereocenters. The summed E-state index contributed by atoms with van der Waals surface area (Å²) in [6, 6.07) is 10.0. The fourth-order valence-corrected chi connectivity index (χ4v) is 3.34. The van der Waals surface area contributed by atoms with E-state index in [9.17, 15) is 10.1 Å². The van der Waals surface area contributed by atoms with Crippen LogP contribution in [0, 0.1) is 22.2 Å². The van der Waals surface area contributed by atoms with E-state index in [0.29, 0.717) is 0 Å². The molecule has 1 aromatic rings. The van der Waals surface area contributed by atoms with Crippen molar-refractivity contribution in [3.63, 3.8) is 0 Å². The van der Waals surface area contributed by atoms with Gasteiger partial charge in [-0.15, -0.1) is 0 Å². The quantitative estimate of drug-likeness (QED) is 0.742. The second-order valence-corrected chi connectivity index (χ2v) is 8.04.